The average Bonchev–Trinajstić information content (AvgIpc) is 3.24. The molecule has 0 aromatic carbocycles. The molecule has 1 fully saturated rings. The number of carbonyl (C=O) groups excluding carboxylic acids is 2. The van der Waals surface area contributed by atoms with Gasteiger partial charge in [0.2, 0.25) is 5.91 Å². The predicted molar refractivity (Wildman–Crippen MR) is 97.1 cm³/mol. The number of nitrogens with one attached hydrogen (secondary N) is 2. The third-order valence-corrected chi connectivity index (χ3v) is 4.88. The number of carbonyl (C=O) groups is 2. The zero-order valence-electron chi connectivity index (χ0n) is 13.8. The van der Waals surface area contributed by atoms with Crippen LogP contribution in [0.25, 0.3) is 16.9 Å². The molecule has 4 rings (SSSR count). The molecule has 3 aromatic rings. The number of aliphatic hydroxyl groups is 1. The summed E-state index contributed by atoms with van der Waals surface area (Å²) < 4.78 is 1.82. The molecule has 1 saturated carbocycles. The maximum absolute atomic E-state index is 11.9. The number of amides is 2. The normalized spacial score (nSPS) is 13.7. The van der Waals surface area contributed by atoms with E-state index in [0.29, 0.717) is 16.5 Å². The summed E-state index contributed by atoms with van der Waals surface area (Å²) >= 11 is 1.25. The van der Waals surface area contributed by atoms with Crippen LogP contribution in [-0.4, -0.2) is 44.4 Å². The van der Waals surface area contributed by atoms with Crippen molar-refractivity contribution in [3.8, 4) is 11.3 Å². The lowest BCUT2D eigenvalue weighted by Crippen LogP contribution is -2.26. The summed E-state index contributed by atoms with van der Waals surface area (Å²) in [5, 5.41) is 16.3. The van der Waals surface area contributed by atoms with Crippen molar-refractivity contribution in [2.75, 3.05) is 18.5 Å². The number of rotatable bonds is 6. The molecular weight excluding hydrogens is 354 g/mol. The molecule has 0 radical (unpaired) electrons. The lowest BCUT2D eigenvalue weighted by Gasteiger charge is -1.99. The Morgan fingerprint density at radius 3 is 2.88 bits per heavy atom. The van der Waals surface area contributed by atoms with Gasteiger partial charge in [-0.2, -0.15) is 0 Å². The first-order chi connectivity index (χ1) is 12.6. The Kier molecular flexibility index (Phi) is 4.39. The van der Waals surface area contributed by atoms with E-state index in [-0.39, 0.29) is 30.9 Å². The minimum Gasteiger partial charge on any atom is -0.395 e. The standard InChI is InChI=1S/C17H17N5O3S/c23-6-5-18-16(25)17-19-12(9-26-17)11-3-4-14-20-13(8-22(14)7-11)21-15(24)10-1-2-10/h3-4,7-10,23H,1-2,5-6H2,(H,18,25)(H,21,24). The molecule has 3 heterocycles. The van der Waals surface area contributed by atoms with E-state index in [4.69, 9.17) is 5.11 Å². The van der Waals surface area contributed by atoms with Crippen molar-refractivity contribution in [3.63, 3.8) is 0 Å². The molecule has 134 valence electrons. The number of nitrogens with zero attached hydrogens (tertiary/aromatic N) is 3. The van der Waals surface area contributed by atoms with Gasteiger partial charge in [0, 0.05) is 29.6 Å². The van der Waals surface area contributed by atoms with Crippen LogP contribution in [0.4, 0.5) is 5.82 Å². The van der Waals surface area contributed by atoms with Gasteiger partial charge in [0.15, 0.2) is 10.8 Å². The van der Waals surface area contributed by atoms with Crippen LogP contribution in [0.3, 0.4) is 0 Å². The fraction of sp³-hybridized carbons (Fsp3) is 0.294. The molecular formula is C17H17N5O3S. The van der Waals surface area contributed by atoms with Crippen LogP contribution in [-0.2, 0) is 4.79 Å². The van der Waals surface area contributed by atoms with E-state index < -0.39 is 0 Å². The van der Waals surface area contributed by atoms with Gasteiger partial charge in [-0.15, -0.1) is 11.3 Å². The van der Waals surface area contributed by atoms with Gasteiger partial charge in [-0.25, -0.2) is 9.97 Å². The lowest BCUT2D eigenvalue weighted by molar-refractivity contribution is -0.117. The summed E-state index contributed by atoms with van der Waals surface area (Å²) in [5.41, 5.74) is 2.24. The van der Waals surface area contributed by atoms with Crippen LogP contribution in [0, 0.1) is 5.92 Å². The lowest BCUT2D eigenvalue weighted by atomic mass is 10.2. The molecule has 0 saturated heterocycles. The summed E-state index contributed by atoms with van der Waals surface area (Å²) in [5.74, 6) is 0.373. The first kappa shape index (κ1) is 16.7. The highest BCUT2D eigenvalue weighted by molar-refractivity contribution is 7.12. The molecule has 2 amide bonds. The summed E-state index contributed by atoms with van der Waals surface area (Å²) in [4.78, 5) is 32.5. The fourth-order valence-corrected chi connectivity index (χ4v) is 3.28. The molecule has 0 unspecified atom stereocenters. The topological polar surface area (TPSA) is 109 Å². The van der Waals surface area contributed by atoms with Gasteiger partial charge in [0.25, 0.3) is 5.91 Å². The SMILES string of the molecule is O=C(NCCO)c1nc(-c2ccc3nc(NC(=O)C4CC4)cn3c2)cs1. The van der Waals surface area contributed by atoms with E-state index in [1.165, 1.54) is 11.3 Å². The van der Waals surface area contributed by atoms with E-state index in [1.54, 1.807) is 6.20 Å². The fourth-order valence-electron chi connectivity index (χ4n) is 2.53. The van der Waals surface area contributed by atoms with Gasteiger partial charge in [-0.1, -0.05) is 0 Å². The van der Waals surface area contributed by atoms with Gasteiger partial charge in [-0.3, -0.25) is 9.59 Å². The smallest absolute Gasteiger partial charge is 0.280 e. The van der Waals surface area contributed by atoms with Crippen LogP contribution >= 0.6 is 11.3 Å². The highest BCUT2D eigenvalue weighted by Crippen LogP contribution is 2.30. The molecule has 0 bridgehead atoms. The number of fused-ring (bicyclic) bond motifs is 1. The monoisotopic (exact) mass is 371 g/mol. The second-order valence-corrected chi connectivity index (χ2v) is 6.95. The first-order valence-corrected chi connectivity index (χ1v) is 9.16. The number of hydrogen-bond acceptors (Lipinski definition) is 6. The zero-order valence-corrected chi connectivity index (χ0v) is 14.6. The molecule has 1 aliphatic rings. The molecule has 9 heteroatoms. The van der Waals surface area contributed by atoms with E-state index in [9.17, 15) is 9.59 Å². The van der Waals surface area contributed by atoms with Crippen LogP contribution < -0.4 is 10.6 Å². The highest BCUT2D eigenvalue weighted by atomic mass is 32.1. The van der Waals surface area contributed by atoms with Crippen molar-refractivity contribution < 1.29 is 14.7 Å². The minimum atomic E-state index is -0.302. The van der Waals surface area contributed by atoms with Crippen LogP contribution in [0.15, 0.2) is 29.9 Å². The summed E-state index contributed by atoms with van der Waals surface area (Å²) in [6.07, 6.45) is 5.52. The summed E-state index contributed by atoms with van der Waals surface area (Å²) in [6.45, 7) is 0.0883. The second-order valence-electron chi connectivity index (χ2n) is 6.09. The second kappa shape index (κ2) is 6.85. The Bertz CT molecular complexity index is 976. The van der Waals surface area contributed by atoms with E-state index in [0.717, 1.165) is 24.1 Å². The highest BCUT2D eigenvalue weighted by Gasteiger charge is 2.30. The van der Waals surface area contributed by atoms with Crippen molar-refractivity contribution >= 4 is 34.6 Å². The van der Waals surface area contributed by atoms with Gasteiger partial charge >= 0.3 is 0 Å². The Hall–Kier alpha value is -2.78. The molecule has 8 nitrogen and oxygen atoms in total. The summed E-state index contributed by atoms with van der Waals surface area (Å²) in [7, 11) is 0. The number of aromatic nitrogens is 3. The predicted octanol–water partition coefficient (Wildman–Crippen LogP) is 1.53. The molecule has 0 aliphatic heterocycles. The van der Waals surface area contributed by atoms with Gasteiger partial charge in [0.05, 0.1) is 18.5 Å². The van der Waals surface area contributed by atoms with Crippen molar-refractivity contribution in [1.29, 1.82) is 0 Å². The molecule has 26 heavy (non-hydrogen) atoms. The maximum atomic E-state index is 11.9. The van der Waals surface area contributed by atoms with Crippen molar-refractivity contribution in [2.24, 2.45) is 5.92 Å². The van der Waals surface area contributed by atoms with E-state index in [1.807, 2.05) is 28.1 Å². The van der Waals surface area contributed by atoms with Crippen LogP contribution in [0.2, 0.25) is 0 Å². The number of hydrogen-bond donors (Lipinski definition) is 3. The maximum Gasteiger partial charge on any atom is 0.280 e. The zero-order chi connectivity index (χ0) is 18.1. The number of thiazole rings is 1. The third kappa shape index (κ3) is 3.44. The van der Waals surface area contributed by atoms with E-state index >= 15 is 0 Å². The number of aliphatic hydroxyl groups excluding tert-OH is 1. The first-order valence-electron chi connectivity index (χ1n) is 8.28. The minimum absolute atomic E-state index is 0.0201. The average molecular weight is 371 g/mol. The molecule has 0 atom stereocenters. The Morgan fingerprint density at radius 1 is 1.27 bits per heavy atom. The number of pyridine rings is 1. The molecule has 3 aromatic heterocycles. The number of imidazole rings is 1. The Morgan fingerprint density at radius 2 is 2.12 bits per heavy atom. The van der Waals surface area contributed by atoms with E-state index in [2.05, 4.69) is 20.6 Å². The molecule has 1 aliphatic carbocycles. The molecule has 3 N–H and O–H groups in total. The largest absolute Gasteiger partial charge is 0.395 e. The van der Waals surface area contributed by atoms with Gasteiger partial charge in [-0.05, 0) is 25.0 Å². The van der Waals surface area contributed by atoms with Crippen LogP contribution in [0.5, 0.6) is 0 Å². The van der Waals surface area contributed by atoms with Gasteiger partial charge in [0.1, 0.15) is 5.65 Å². The molecule has 0 spiro atoms. The Balaban J connectivity index is 1.54. The van der Waals surface area contributed by atoms with Crippen LogP contribution in [0.1, 0.15) is 22.6 Å². The third-order valence-electron chi connectivity index (χ3n) is 4.04. The summed E-state index contributed by atoms with van der Waals surface area (Å²) in [6, 6.07) is 3.71. The number of anilines is 1. The van der Waals surface area contributed by atoms with Crippen molar-refractivity contribution in [2.45, 2.75) is 12.8 Å². The van der Waals surface area contributed by atoms with Crippen molar-refractivity contribution in [1.82, 2.24) is 19.7 Å². The quantitative estimate of drug-likeness (QED) is 0.609. The van der Waals surface area contributed by atoms with Gasteiger partial charge < -0.3 is 20.1 Å². The van der Waals surface area contributed by atoms with Crippen molar-refractivity contribution in [3.05, 3.63) is 34.9 Å². The Labute approximate surface area is 152 Å².